The molecule has 0 fully saturated rings. The summed E-state index contributed by atoms with van der Waals surface area (Å²) in [6.45, 7) is 10.5. The van der Waals surface area contributed by atoms with E-state index >= 15 is 0 Å². The average molecular weight is 1200 g/mol. The Kier molecular flexibility index (Phi) is 107. The van der Waals surface area contributed by atoms with Crippen LogP contribution in [-0.2, 0) is 40.8 Å². The zero-order chi connectivity index (χ0) is 45.4. The molecule has 0 bridgehead atoms. The van der Waals surface area contributed by atoms with Crippen molar-refractivity contribution >= 4 is 53.2 Å². The molecule has 0 rings (SSSR count). The Bertz CT molecular complexity index is 1630. The molecule has 0 heterocycles. The summed E-state index contributed by atoms with van der Waals surface area (Å²) < 4.78 is 80.5. The van der Waals surface area contributed by atoms with E-state index in [2.05, 4.69) is 22.0 Å². The van der Waals surface area contributed by atoms with Gasteiger partial charge in [0.15, 0.2) is 0 Å². The number of rotatable bonds is 23. The molecule has 67 heavy (non-hydrogen) atoms. The second kappa shape index (κ2) is 61.5. The number of hydrogen-bond donors (Lipinski definition) is 4. The molecule has 0 aromatic heterocycles. The first kappa shape index (κ1) is 116. The Labute approximate surface area is 637 Å². The van der Waals surface area contributed by atoms with Gasteiger partial charge in [0, 0.05) is 26.5 Å². The number of aliphatic hydroxyl groups excluding tert-OH is 4. The quantitative estimate of drug-likeness (QED) is 0.0419. The van der Waals surface area contributed by atoms with Gasteiger partial charge in [-0.2, -0.15) is 0 Å². The van der Waals surface area contributed by atoms with Gasteiger partial charge in [-0.05, 0) is 70.5 Å². The molecular formula is C25H46Na11O24P7. The molecule has 336 valence electrons. The molecule has 0 spiro atoms. The van der Waals surface area contributed by atoms with E-state index in [0.29, 0.717) is 22.3 Å². The Balaban J connectivity index is -0.0000000395. The van der Waals surface area contributed by atoms with Gasteiger partial charge in [0.25, 0.3) is 7.82 Å². The summed E-state index contributed by atoms with van der Waals surface area (Å²) in [5.41, 5.74) is 1.96. The molecule has 0 aromatic carbocycles. The molecule has 24 nitrogen and oxygen atoms in total. The first-order chi connectivity index (χ1) is 24.8. The van der Waals surface area contributed by atoms with Crippen LogP contribution in [0.2, 0.25) is 0 Å². The molecule has 0 aromatic rings. The molecule has 0 aliphatic rings. The van der Waals surface area contributed by atoms with E-state index in [4.69, 9.17) is 15.3 Å². The molecule has 4 unspecified atom stereocenters. The topological polar surface area (TPSA) is 473 Å². The zero-order valence-corrected chi connectivity index (χ0v) is 69.7. The fourth-order valence-corrected chi connectivity index (χ4v) is 11.3. The van der Waals surface area contributed by atoms with Gasteiger partial charge in [-0.1, -0.05) is 64.8 Å². The van der Waals surface area contributed by atoms with Crippen molar-refractivity contribution in [2.75, 3.05) is 56.7 Å². The molecule has 0 aliphatic carbocycles. The fraction of sp³-hybridized carbons (Fsp3) is 0.680. The maximum Gasteiger partial charge on any atom is 1.00 e. The minimum Gasteiger partial charge on any atom is -0.811 e. The molecule has 0 radical (unpaired) electrons. The monoisotopic (exact) mass is 1200 g/mol. The zero-order valence-electron chi connectivity index (χ0n) is 41.4. The van der Waals surface area contributed by atoms with Gasteiger partial charge in [-0.3, -0.25) is 8.88 Å². The predicted molar refractivity (Wildman–Crippen MR) is 182 cm³/mol. The number of hydrogen-bond acceptors (Lipinski definition) is 24. The van der Waals surface area contributed by atoms with E-state index in [9.17, 15) is 90.9 Å². The third-order valence-corrected chi connectivity index (χ3v) is 16.6. The third-order valence-electron chi connectivity index (χ3n) is 5.58. The third kappa shape index (κ3) is 99.3. The molecule has 42 heteroatoms. The van der Waals surface area contributed by atoms with E-state index in [1.165, 1.54) is 13.0 Å². The van der Waals surface area contributed by atoms with Crippen LogP contribution in [0.25, 0.3) is 0 Å². The van der Waals surface area contributed by atoms with E-state index in [1.807, 2.05) is 0 Å². The predicted octanol–water partition coefficient (Wildman–Crippen LogP) is -37.8. The van der Waals surface area contributed by atoms with Crippen LogP contribution in [0.5, 0.6) is 0 Å². The summed E-state index contributed by atoms with van der Waals surface area (Å²) in [5, 5.41) is 34.7. The maximum atomic E-state index is 11.1. The first-order valence-corrected chi connectivity index (χ1v) is 27.4. The van der Waals surface area contributed by atoms with Gasteiger partial charge in [0.1, 0.15) is 0 Å². The second-order valence-electron chi connectivity index (χ2n) is 11.5. The van der Waals surface area contributed by atoms with E-state index in [1.54, 1.807) is 19.9 Å². The average Bonchev–Trinajstić information content (AvgIpc) is 2.96. The number of phosphoric ester groups is 1. The summed E-state index contributed by atoms with van der Waals surface area (Å²) >= 11 is 0. The van der Waals surface area contributed by atoms with Crippen molar-refractivity contribution in [2.45, 2.75) is 52.6 Å². The van der Waals surface area contributed by atoms with Crippen molar-refractivity contribution in [3.05, 3.63) is 47.6 Å². The van der Waals surface area contributed by atoms with Crippen molar-refractivity contribution in [3.8, 4) is 0 Å². The largest absolute Gasteiger partial charge is 1.00 e. The van der Waals surface area contributed by atoms with Crippen molar-refractivity contribution in [2.24, 2.45) is 0 Å². The normalized spacial score (nSPS) is 13.8. The number of phosphoric acid groups is 2. The Morgan fingerprint density at radius 2 is 0.866 bits per heavy atom. The molecule has 0 aliphatic heterocycles. The Morgan fingerprint density at radius 1 is 0.537 bits per heavy atom. The summed E-state index contributed by atoms with van der Waals surface area (Å²) in [6.07, 6.45) is 0.922. The standard InChI is InChI=1S/2C7H16O6P2.C6H13O4P.C5H12O8P2.11Na/c1-6(2)7(8)3-4-14(9,10)5-15(11,12)13;1-7(5-8)3-2-4-14(9,10)6-15(11,12)13;1-6(5-7)3-2-4-11(8,9)10;1-5(4-6)2-3-12-15(10,11)13-14(7,8)9;;;;;;;;;;;/h7-8H,1,3-5H2,2H3,(H,9,10)(H2,11,12,13);3,8H,2,4-6H2,1H3,(H,9,10)(H2,11,12,13);3,7H,2,4-5H2,1H3,(H2,8,9,10);6H,1-4H2,(H,10,11)(H2,7,8,9);;;;;;;;;;;/q;;;;11*+1/p-11. The van der Waals surface area contributed by atoms with Crippen molar-refractivity contribution in [1.29, 1.82) is 0 Å². The van der Waals surface area contributed by atoms with E-state index in [0.717, 1.165) is 0 Å². The van der Waals surface area contributed by atoms with Crippen LogP contribution in [-0.4, -0.2) is 83.2 Å². The van der Waals surface area contributed by atoms with Crippen molar-refractivity contribution in [3.63, 3.8) is 0 Å². The Morgan fingerprint density at radius 3 is 1.13 bits per heavy atom. The molecule has 4 atom stereocenters. The molecule has 4 N–H and O–H groups in total. The van der Waals surface area contributed by atoms with Crippen LogP contribution in [0.3, 0.4) is 0 Å². The summed E-state index contributed by atoms with van der Waals surface area (Å²) in [4.78, 5) is 114. The smallest absolute Gasteiger partial charge is 0.811 e. The van der Waals surface area contributed by atoms with Gasteiger partial charge in [-0.15, -0.1) is 0 Å². The van der Waals surface area contributed by atoms with Crippen LogP contribution in [0.1, 0.15) is 46.5 Å². The van der Waals surface area contributed by atoms with Crippen molar-refractivity contribution < 1.29 is 440 Å². The molecule has 0 amide bonds. The second-order valence-corrected chi connectivity index (χ2v) is 24.8. The van der Waals surface area contributed by atoms with Gasteiger partial charge >= 0.3 is 325 Å². The van der Waals surface area contributed by atoms with Gasteiger partial charge in [0.05, 0.1) is 40.4 Å². The maximum absolute atomic E-state index is 11.1. The summed E-state index contributed by atoms with van der Waals surface area (Å²) in [7, 11) is -33.6. The first-order valence-electron chi connectivity index (χ1n) is 15.3. The molecule has 0 saturated carbocycles. The van der Waals surface area contributed by atoms with E-state index < -0.39 is 83.8 Å². The van der Waals surface area contributed by atoms with Gasteiger partial charge in [-0.25, -0.2) is 0 Å². The van der Waals surface area contributed by atoms with Crippen LogP contribution in [0, 0.1) is 0 Å². The summed E-state index contributed by atoms with van der Waals surface area (Å²) in [5.74, 6) is -2.69. The van der Waals surface area contributed by atoms with Gasteiger partial charge in [0.2, 0.25) is 0 Å². The van der Waals surface area contributed by atoms with Crippen LogP contribution in [0.15, 0.2) is 47.6 Å². The van der Waals surface area contributed by atoms with Crippen LogP contribution in [0.4, 0.5) is 0 Å². The minimum atomic E-state index is -5.63. The molecule has 0 saturated heterocycles. The van der Waals surface area contributed by atoms with Crippen LogP contribution < -0.4 is 379 Å². The van der Waals surface area contributed by atoms with E-state index in [-0.39, 0.29) is 383 Å². The Hall–Kier alpha value is 10.9. The van der Waals surface area contributed by atoms with Crippen molar-refractivity contribution in [1.82, 2.24) is 0 Å². The fourth-order valence-electron chi connectivity index (χ4n) is 2.87. The number of aliphatic hydroxyl groups is 4. The number of allylic oxidation sites excluding steroid dienone is 2. The molecular weight excluding hydrogens is 1150 g/mol. The van der Waals surface area contributed by atoms with Gasteiger partial charge < -0.3 is 106 Å². The minimum absolute atomic E-state index is 0. The SMILES string of the molecule is C=C(C)C(O)CCP(=O)([O-])CP(=O)([O-])[O-].C=C(CO)CCOP(=O)([O-])OP(=O)([O-])[O-].CC(=CCCP(=O)([O-])CP(=O)([O-])[O-])CO.CC(=CCCP(=O)([O-])[O-])CO.[Na+].[Na+].[Na+].[Na+].[Na+].[Na+].[Na+].[Na+].[Na+].[Na+].[Na+]. The summed E-state index contributed by atoms with van der Waals surface area (Å²) in [6, 6.07) is 0. The van der Waals surface area contributed by atoms with Crippen LogP contribution >= 0.6 is 53.2 Å².